The van der Waals surface area contributed by atoms with Crippen LogP contribution in [0.2, 0.25) is 0 Å². The van der Waals surface area contributed by atoms with E-state index in [-0.39, 0.29) is 4.90 Å². The van der Waals surface area contributed by atoms with Crippen molar-refractivity contribution < 1.29 is 16.8 Å². The second kappa shape index (κ2) is 8.01. The minimum absolute atomic E-state index is 0.239. The molecule has 23 heavy (non-hydrogen) atoms. The first-order valence-corrected chi connectivity index (χ1v) is 12.1. The number of benzene rings is 1. The molecule has 0 bridgehead atoms. The van der Waals surface area contributed by atoms with E-state index in [0.717, 1.165) is 43.6 Å². The molecule has 0 saturated carbocycles. The summed E-state index contributed by atoms with van der Waals surface area (Å²) in [5, 5.41) is 0. The summed E-state index contributed by atoms with van der Waals surface area (Å²) in [5.74, 6) is 0.796. The zero-order valence-corrected chi connectivity index (χ0v) is 15.9. The fourth-order valence-electron chi connectivity index (χ4n) is 2.71. The van der Waals surface area contributed by atoms with E-state index in [1.807, 2.05) is 19.4 Å². The second-order valence-corrected chi connectivity index (χ2v) is 11.8. The predicted molar refractivity (Wildman–Crippen MR) is 96.6 cm³/mol. The first-order chi connectivity index (χ1) is 10.8. The van der Waals surface area contributed by atoms with Crippen molar-refractivity contribution in [3.8, 4) is 0 Å². The number of hydrogen-bond acceptors (Lipinski definition) is 4. The van der Waals surface area contributed by atoms with Gasteiger partial charge in [0.1, 0.15) is 0 Å². The van der Waals surface area contributed by atoms with Gasteiger partial charge in [-0.25, -0.2) is 3.63 Å². The highest BCUT2D eigenvalue weighted by molar-refractivity contribution is 8.32. The molecule has 2 rings (SSSR count). The van der Waals surface area contributed by atoms with E-state index in [0.29, 0.717) is 6.10 Å². The topological polar surface area (TPSA) is 52.6 Å². The van der Waals surface area contributed by atoms with E-state index in [1.165, 1.54) is 6.42 Å². The van der Waals surface area contributed by atoms with Crippen molar-refractivity contribution in [3.63, 3.8) is 0 Å². The summed E-state index contributed by atoms with van der Waals surface area (Å²) in [4.78, 5) is 0.239. The van der Waals surface area contributed by atoms with Crippen LogP contribution in [-0.2, 0) is 18.5 Å². The quantitative estimate of drug-likeness (QED) is 0.657. The largest absolute Gasteiger partial charge is 0.378 e. The third kappa shape index (κ3) is 6.10. The number of unbranched alkanes of at least 4 members (excludes halogenated alkanes) is 1. The van der Waals surface area contributed by atoms with Gasteiger partial charge in [0.2, 0.25) is 0 Å². The van der Waals surface area contributed by atoms with E-state index in [2.05, 4.69) is 0 Å². The number of aryl methyl sites for hydroxylation is 1. The molecule has 0 amide bonds. The molecule has 0 aromatic heterocycles. The van der Waals surface area contributed by atoms with Gasteiger partial charge in [0.15, 0.2) is 0 Å². The van der Waals surface area contributed by atoms with Gasteiger partial charge in [-0.3, -0.25) is 0 Å². The molecule has 0 N–H and O–H groups in total. The van der Waals surface area contributed by atoms with Gasteiger partial charge >= 0.3 is 10.1 Å². The van der Waals surface area contributed by atoms with E-state index < -0.39 is 20.4 Å². The standard InChI is InChI=1S/C17H28O4S2/c1-15-9-11-17(12-10-15)23(18,19)21-22(2,3)14-5-4-7-16-8-6-13-20-16/h9-12,16H,4-8,13-14H2,1-3H3. The van der Waals surface area contributed by atoms with E-state index in [1.54, 1.807) is 24.3 Å². The maximum Gasteiger partial charge on any atom is 0.306 e. The summed E-state index contributed by atoms with van der Waals surface area (Å²) >= 11 is 0. The smallest absolute Gasteiger partial charge is 0.306 e. The lowest BCUT2D eigenvalue weighted by atomic mass is 10.1. The molecule has 0 radical (unpaired) electrons. The van der Waals surface area contributed by atoms with Crippen molar-refractivity contribution in [3.05, 3.63) is 29.8 Å². The summed E-state index contributed by atoms with van der Waals surface area (Å²) in [6.07, 6.45) is 9.69. The lowest BCUT2D eigenvalue weighted by Gasteiger charge is -2.30. The number of rotatable bonds is 8. The first-order valence-electron chi connectivity index (χ1n) is 8.14. The molecular weight excluding hydrogens is 332 g/mol. The van der Waals surface area contributed by atoms with Crippen LogP contribution < -0.4 is 0 Å². The van der Waals surface area contributed by atoms with Gasteiger partial charge in [-0.2, -0.15) is 8.42 Å². The van der Waals surface area contributed by atoms with Crippen molar-refractivity contribution in [1.82, 2.24) is 0 Å². The summed E-state index contributed by atoms with van der Waals surface area (Å²) in [7, 11) is -5.30. The number of hydrogen-bond donors (Lipinski definition) is 0. The van der Waals surface area contributed by atoms with Gasteiger partial charge in [0.25, 0.3) is 0 Å². The molecule has 0 spiro atoms. The third-order valence-corrected chi connectivity index (χ3v) is 8.33. The molecule has 1 unspecified atom stereocenters. The van der Waals surface area contributed by atoms with Crippen LogP contribution in [0.5, 0.6) is 0 Å². The molecular formula is C17H28O4S2. The molecule has 1 aliphatic rings. The summed E-state index contributed by atoms with van der Waals surface area (Å²) in [6, 6.07) is 6.80. The van der Waals surface area contributed by atoms with Gasteiger partial charge in [-0.1, -0.05) is 24.1 Å². The highest BCUT2D eigenvalue weighted by Gasteiger charge is 2.24. The Morgan fingerprint density at radius 2 is 1.87 bits per heavy atom. The lowest BCUT2D eigenvalue weighted by Crippen LogP contribution is -2.14. The normalized spacial score (nSPS) is 19.9. The Hall–Kier alpha value is -0.560. The summed E-state index contributed by atoms with van der Waals surface area (Å²) < 4.78 is 35.9. The Bertz CT molecular complexity index is 588. The Labute approximate surface area is 142 Å². The Morgan fingerprint density at radius 3 is 2.48 bits per heavy atom. The average Bonchev–Trinajstić information content (AvgIpc) is 2.96. The zero-order valence-electron chi connectivity index (χ0n) is 14.3. The van der Waals surface area contributed by atoms with Crippen molar-refractivity contribution in [2.75, 3.05) is 24.9 Å². The molecule has 1 saturated heterocycles. The van der Waals surface area contributed by atoms with Crippen molar-refractivity contribution in [2.24, 2.45) is 0 Å². The van der Waals surface area contributed by atoms with Gasteiger partial charge in [0.05, 0.1) is 11.0 Å². The Balaban J connectivity index is 1.82. The molecule has 132 valence electrons. The van der Waals surface area contributed by atoms with E-state index in [4.69, 9.17) is 8.37 Å². The van der Waals surface area contributed by atoms with Gasteiger partial charge in [0, 0.05) is 6.61 Å². The third-order valence-electron chi connectivity index (χ3n) is 4.02. The molecule has 1 aromatic carbocycles. The second-order valence-electron chi connectivity index (χ2n) is 6.61. The minimum Gasteiger partial charge on any atom is -0.378 e. The molecule has 1 aromatic rings. The van der Waals surface area contributed by atoms with Crippen LogP contribution in [0.15, 0.2) is 29.2 Å². The van der Waals surface area contributed by atoms with Gasteiger partial charge < -0.3 is 4.74 Å². The number of ether oxygens (including phenoxy) is 1. The van der Waals surface area contributed by atoms with Gasteiger partial charge in [-0.05, 0) is 63.0 Å². The van der Waals surface area contributed by atoms with Gasteiger partial charge in [-0.15, -0.1) is 10.3 Å². The fourth-order valence-corrected chi connectivity index (χ4v) is 6.61. The van der Waals surface area contributed by atoms with E-state index >= 15 is 0 Å². The van der Waals surface area contributed by atoms with Crippen molar-refractivity contribution in [2.45, 2.75) is 50.0 Å². The predicted octanol–water partition coefficient (Wildman–Crippen LogP) is 4.03. The molecule has 1 heterocycles. The van der Waals surface area contributed by atoms with Crippen LogP contribution in [0.25, 0.3) is 0 Å². The molecule has 4 nitrogen and oxygen atoms in total. The van der Waals surface area contributed by atoms with Crippen LogP contribution in [0.3, 0.4) is 0 Å². The highest BCUT2D eigenvalue weighted by atomic mass is 32.3. The van der Waals surface area contributed by atoms with Crippen molar-refractivity contribution in [1.29, 1.82) is 0 Å². The Kier molecular flexibility index (Phi) is 6.54. The van der Waals surface area contributed by atoms with Crippen molar-refractivity contribution >= 4 is 20.4 Å². The minimum atomic E-state index is -3.68. The SMILES string of the molecule is Cc1ccc(S(=O)(=O)OS(C)(C)CCCCC2CCCO2)cc1. The summed E-state index contributed by atoms with van der Waals surface area (Å²) in [6.45, 7) is 2.82. The summed E-state index contributed by atoms with van der Waals surface area (Å²) in [5.41, 5.74) is 1.03. The molecule has 1 aliphatic heterocycles. The molecule has 1 atom stereocenters. The highest BCUT2D eigenvalue weighted by Crippen LogP contribution is 2.45. The Morgan fingerprint density at radius 1 is 1.17 bits per heavy atom. The molecule has 6 heteroatoms. The molecule has 0 aliphatic carbocycles. The maximum atomic E-state index is 12.4. The fraction of sp³-hybridized carbons (Fsp3) is 0.647. The van der Waals surface area contributed by atoms with Crippen LogP contribution >= 0.6 is 10.3 Å². The first kappa shape index (κ1) is 18.8. The van der Waals surface area contributed by atoms with E-state index in [9.17, 15) is 8.42 Å². The van der Waals surface area contributed by atoms with Crippen LogP contribution in [0.4, 0.5) is 0 Å². The van der Waals surface area contributed by atoms with Crippen LogP contribution in [0, 0.1) is 6.92 Å². The maximum absolute atomic E-state index is 12.4. The molecule has 1 fully saturated rings. The zero-order chi connectivity index (χ0) is 16.9. The lowest BCUT2D eigenvalue weighted by molar-refractivity contribution is 0.102. The average molecular weight is 361 g/mol. The monoisotopic (exact) mass is 360 g/mol. The van der Waals surface area contributed by atoms with Crippen LogP contribution in [-0.4, -0.2) is 39.4 Å². The van der Waals surface area contributed by atoms with Crippen LogP contribution in [0.1, 0.15) is 37.7 Å².